The molecule has 0 spiro atoms. The standard InChI is InChI=1S/C24H25F3N2O3/c1-28-12-10-15(11-13-28)14-29-21(16-6-8-17(9-7-16)24(25,26)27)20(23(31)32)18-4-2-3-5-19(18)22(29)30/h2-9,15,20-21H,10-14H2,1H3,(H,31,32)/t20-,21+/m1/s1. The second kappa shape index (κ2) is 8.58. The third-order valence-electron chi connectivity index (χ3n) is 6.58. The van der Waals surface area contributed by atoms with Crippen molar-refractivity contribution in [3.8, 4) is 0 Å². The fourth-order valence-corrected chi connectivity index (χ4v) is 4.82. The normalized spacial score (nSPS) is 22.6. The van der Waals surface area contributed by atoms with E-state index in [1.165, 1.54) is 12.1 Å². The van der Waals surface area contributed by atoms with Crippen molar-refractivity contribution in [3.05, 3.63) is 70.8 Å². The van der Waals surface area contributed by atoms with Gasteiger partial charge >= 0.3 is 12.1 Å². The number of aliphatic carboxylic acids is 1. The Labute approximate surface area is 184 Å². The molecule has 0 bridgehead atoms. The molecule has 170 valence electrons. The molecule has 5 nitrogen and oxygen atoms in total. The van der Waals surface area contributed by atoms with Gasteiger partial charge in [-0.1, -0.05) is 30.3 Å². The monoisotopic (exact) mass is 446 g/mol. The van der Waals surface area contributed by atoms with Gasteiger partial charge in [0.1, 0.15) is 5.92 Å². The van der Waals surface area contributed by atoms with Crippen molar-refractivity contribution in [1.29, 1.82) is 0 Å². The smallest absolute Gasteiger partial charge is 0.416 e. The van der Waals surface area contributed by atoms with Crippen LogP contribution in [0.5, 0.6) is 0 Å². The predicted molar refractivity (Wildman–Crippen MR) is 112 cm³/mol. The quantitative estimate of drug-likeness (QED) is 0.756. The molecule has 2 aliphatic heterocycles. The van der Waals surface area contributed by atoms with Gasteiger partial charge in [-0.15, -0.1) is 0 Å². The molecule has 8 heteroatoms. The van der Waals surface area contributed by atoms with Crippen LogP contribution >= 0.6 is 0 Å². The van der Waals surface area contributed by atoms with Crippen molar-refractivity contribution in [2.45, 2.75) is 31.0 Å². The molecule has 0 radical (unpaired) electrons. The van der Waals surface area contributed by atoms with Crippen molar-refractivity contribution in [2.24, 2.45) is 5.92 Å². The zero-order chi connectivity index (χ0) is 23.0. The summed E-state index contributed by atoms with van der Waals surface area (Å²) in [5.41, 5.74) is 0.323. The number of carboxylic acid groups (broad SMARTS) is 1. The van der Waals surface area contributed by atoms with Crippen LogP contribution in [-0.4, -0.2) is 53.5 Å². The lowest BCUT2D eigenvalue weighted by atomic mass is 9.79. The van der Waals surface area contributed by atoms with Crippen molar-refractivity contribution in [1.82, 2.24) is 9.80 Å². The number of rotatable bonds is 4. The topological polar surface area (TPSA) is 60.9 Å². The molecule has 2 aromatic carbocycles. The molecule has 1 amide bonds. The van der Waals surface area contributed by atoms with Gasteiger partial charge in [0, 0.05) is 12.1 Å². The lowest BCUT2D eigenvalue weighted by Gasteiger charge is -2.43. The number of carboxylic acids is 1. The summed E-state index contributed by atoms with van der Waals surface area (Å²) < 4.78 is 39.2. The number of benzene rings is 2. The molecule has 0 saturated carbocycles. The van der Waals surface area contributed by atoms with Gasteiger partial charge in [0.05, 0.1) is 11.6 Å². The van der Waals surface area contributed by atoms with Crippen molar-refractivity contribution in [3.63, 3.8) is 0 Å². The molecule has 1 saturated heterocycles. The van der Waals surface area contributed by atoms with E-state index in [1.54, 1.807) is 29.2 Å². The van der Waals surface area contributed by atoms with Gasteiger partial charge in [0.15, 0.2) is 0 Å². The third-order valence-corrected chi connectivity index (χ3v) is 6.58. The van der Waals surface area contributed by atoms with Crippen molar-refractivity contribution >= 4 is 11.9 Å². The minimum atomic E-state index is -4.49. The van der Waals surface area contributed by atoms with Gasteiger partial charge < -0.3 is 14.9 Å². The fourth-order valence-electron chi connectivity index (χ4n) is 4.82. The highest BCUT2D eigenvalue weighted by Crippen LogP contribution is 2.44. The summed E-state index contributed by atoms with van der Waals surface area (Å²) in [6, 6.07) is 10.2. The zero-order valence-electron chi connectivity index (χ0n) is 17.7. The second-order valence-corrected chi connectivity index (χ2v) is 8.67. The summed E-state index contributed by atoms with van der Waals surface area (Å²) >= 11 is 0. The van der Waals surface area contributed by atoms with E-state index in [2.05, 4.69) is 4.90 Å². The largest absolute Gasteiger partial charge is 0.481 e. The number of likely N-dealkylation sites (tertiary alicyclic amines) is 1. The van der Waals surface area contributed by atoms with Crippen molar-refractivity contribution < 1.29 is 27.9 Å². The van der Waals surface area contributed by atoms with E-state index in [0.717, 1.165) is 38.1 Å². The first-order valence-corrected chi connectivity index (χ1v) is 10.6. The fraction of sp³-hybridized carbons (Fsp3) is 0.417. The highest BCUT2D eigenvalue weighted by Gasteiger charge is 2.45. The molecule has 2 aliphatic rings. The number of alkyl halides is 3. The van der Waals surface area contributed by atoms with Crippen LogP contribution in [0.3, 0.4) is 0 Å². The molecule has 0 aromatic heterocycles. The number of halogens is 3. The first-order valence-electron chi connectivity index (χ1n) is 10.6. The highest BCUT2D eigenvalue weighted by molar-refractivity contribution is 6.00. The van der Waals surface area contributed by atoms with Gasteiger partial charge in [-0.2, -0.15) is 13.2 Å². The van der Waals surface area contributed by atoms with E-state index in [9.17, 15) is 27.9 Å². The number of fused-ring (bicyclic) bond motifs is 1. The molecule has 0 unspecified atom stereocenters. The Morgan fingerprint density at radius 3 is 2.28 bits per heavy atom. The molecule has 1 fully saturated rings. The number of carbonyl (C=O) groups is 2. The van der Waals surface area contributed by atoms with Crippen LogP contribution < -0.4 is 0 Å². The number of amides is 1. The molecule has 4 rings (SSSR count). The number of piperidine rings is 1. The van der Waals surface area contributed by atoms with Gasteiger partial charge in [0.2, 0.25) is 0 Å². The number of nitrogens with zero attached hydrogens (tertiary/aromatic N) is 2. The van der Waals surface area contributed by atoms with E-state index in [-0.39, 0.29) is 11.8 Å². The van der Waals surface area contributed by atoms with Gasteiger partial charge in [-0.3, -0.25) is 9.59 Å². The maximum atomic E-state index is 13.5. The van der Waals surface area contributed by atoms with Gasteiger partial charge in [-0.25, -0.2) is 0 Å². The SMILES string of the molecule is CN1CCC(CN2C(=O)c3ccccc3[C@@H](C(=O)O)[C@@H]2c2ccc(C(F)(F)F)cc2)CC1. The second-order valence-electron chi connectivity index (χ2n) is 8.67. The van der Waals surface area contributed by atoms with E-state index >= 15 is 0 Å². The molecular weight excluding hydrogens is 421 g/mol. The van der Waals surface area contributed by atoms with E-state index in [0.29, 0.717) is 23.2 Å². The Bertz CT molecular complexity index is 998. The minimum absolute atomic E-state index is 0.201. The first-order chi connectivity index (χ1) is 15.2. The average Bonchev–Trinajstić information content (AvgIpc) is 2.76. The average molecular weight is 446 g/mol. The summed E-state index contributed by atoms with van der Waals surface area (Å²) in [4.78, 5) is 29.6. The third kappa shape index (κ3) is 4.24. The zero-order valence-corrected chi connectivity index (χ0v) is 17.7. The maximum Gasteiger partial charge on any atom is 0.416 e. The van der Waals surface area contributed by atoms with Crippen LogP contribution in [0.2, 0.25) is 0 Å². The molecule has 1 N–H and O–H groups in total. The van der Waals surface area contributed by atoms with Crippen LogP contribution in [0.15, 0.2) is 48.5 Å². The maximum absolute atomic E-state index is 13.5. The summed E-state index contributed by atoms with van der Waals surface area (Å²) in [5, 5.41) is 10.1. The van der Waals surface area contributed by atoms with E-state index < -0.39 is 29.7 Å². The summed E-state index contributed by atoms with van der Waals surface area (Å²) in [7, 11) is 2.03. The predicted octanol–water partition coefficient (Wildman–Crippen LogP) is 4.41. The molecule has 0 aliphatic carbocycles. The van der Waals surface area contributed by atoms with Crippen LogP contribution in [-0.2, 0) is 11.0 Å². The van der Waals surface area contributed by atoms with Crippen molar-refractivity contribution in [2.75, 3.05) is 26.7 Å². The highest BCUT2D eigenvalue weighted by atomic mass is 19.4. The summed E-state index contributed by atoms with van der Waals surface area (Å²) in [6.07, 6.45) is -2.74. The molecule has 2 heterocycles. The number of carbonyl (C=O) groups excluding carboxylic acids is 1. The Morgan fingerprint density at radius 1 is 1.06 bits per heavy atom. The minimum Gasteiger partial charge on any atom is -0.481 e. The molecular formula is C24H25F3N2O3. The molecule has 2 atom stereocenters. The lowest BCUT2D eigenvalue weighted by Crippen LogP contribution is -2.48. The number of hydrogen-bond donors (Lipinski definition) is 1. The summed E-state index contributed by atoms with van der Waals surface area (Å²) in [6.45, 7) is 2.14. The summed E-state index contributed by atoms with van der Waals surface area (Å²) in [5.74, 6) is -2.25. The van der Waals surface area contributed by atoms with Gasteiger partial charge in [0.25, 0.3) is 5.91 Å². The van der Waals surface area contributed by atoms with E-state index in [1.807, 2.05) is 7.05 Å². The molecule has 2 aromatic rings. The first kappa shape index (κ1) is 22.3. The van der Waals surface area contributed by atoms with Crippen LogP contribution in [0.25, 0.3) is 0 Å². The van der Waals surface area contributed by atoms with Crippen LogP contribution in [0.4, 0.5) is 13.2 Å². The lowest BCUT2D eigenvalue weighted by molar-refractivity contribution is -0.141. The van der Waals surface area contributed by atoms with Crippen LogP contribution in [0, 0.1) is 5.92 Å². The van der Waals surface area contributed by atoms with Gasteiger partial charge in [-0.05, 0) is 68.2 Å². The Morgan fingerprint density at radius 2 is 1.69 bits per heavy atom. The van der Waals surface area contributed by atoms with Crippen LogP contribution in [0.1, 0.15) is 51.8 Å². The van der Waals surface area contributed by atoms with E-state index in [4.69, 9.17) is 0 Å². The Balaban J connectivity index is 1.77. The number of hydrogen-bond acceptors (Lipinski definition) is 3. The Kier molecular flexibility index (Phi) is 5.99. The Hall–Kier alpha value is -2.87. The molecule has 32 heavy (non-hydrogen) atoms.